The molecule has 0 aromatic heterocycles. The van der Waals surface area contributed by atoms with Crippen LogP contribution in [0.3, 0.4) is 0 Å². The molecule has 0 saturated carbocycles. The molecule has 1 amide bonds. The highest BCUT2D eigenvalue weighted by Crippen LogP contribution is 2.31. The standard InChI is InChI=1S/C25H26N2O5S/c1-3-27(21-7-5-4-6-8-21)33(29,30)22-12-10-20(11-13-22)25(28)26(2)18-19-9-14-23-24(17-19)32-16-15-31-23/h4-14,17H,3,15-16,18H2,1-2H3. The van der Waals surface area contributed by atoms with Crippen molar-refractivity contribution < 1.29 is 22.7 Å². The van der Waals surface area contributed by atoms with Gasteiger partial charge in [-0.15, -0.1) is 0 Å². The summed E-state index contributed by atoms with van der Waals surface area (Å²) in [5.74, 6) is 1.17. The van der Waals surface area contributed by atoms with Gasteiger partial charge in [-0.3, -0.25) is 9.10 Å². The first kappa shape index (κ1) is 22.7. The van der Waals surface area contributed by atoms with Crippen molar-refractivity contribution in [2.24, 2.45) is 0 Å². The van der Waals surface area contributed by atoms with Gasteiger partial charge in [0, 0.05) is 25.7 Å². The molecule has 0 atom stereocenters. The minimum Gasteiger partial charge on any atom is -0.486 e. The van der Waals surface area contributed by atoms with E-state index < -0.39 is 10.0 Å². The van der Waals surface area contributed by atoms with E-state index in [0.717, 1.165) is 5.56 Å². The maximum Gasteiger partial charge on any atom is 0.264 e. The number of carbonyl (C=O) groups is 1. The Morgan fingerprint density at radius 1 is 0.909 bits per heavy atom. The van der Waals surface area contributed by atoms with Crippen molar-refractivity contribution in [1.82, 2.24) is 4.90 Å². The molecule has 3 aromatic rings. The van der Waals surface area contributed by atoms with Crippen LogP contribution in [-0.2, 0) is 16.6 Å². The third-order valence-electron chi connectivity index (χ3n) is 5.39. The number of benzene rings is 3. The van der Waals surface area contributed by atoms with Crippen LogP contribution in [0.1, 0.15) is 22.8 Å². The molecule has 172 valence electrons. The minimum atomic E-state index is -3.74. The van der Waals surface area contributed by atoms with Gasteiger partial charge in [-0.05, 0) is 61.0 Å². The second kappa shape index (κ2) is 9.54. The normalized spacial score (nSPS) is 12.8. The van der Waals surface area contributed by atoms with E-state index in [2.05, 4.69) is 0 Å². The Morgan fingerprint density at radius 2 is 1.58 bits per heavy atom. The monoisotopic (exact) mass is 466 g/mol. The molecule has 1 aliphatic rings. The van der Waals surface area contributed by atoms with E-state index in [1.165, 1.54) is 16.4 Å². The van der Waals surface area contributed by atoms with Crippen molar-refractivity contribution in [3.63, 3.8) is 0 Å². The highest BCUT2D eigenvalue weighted by atomic mass is 32.2. The summed E-state index contributed by atoms with van der Waals surface area (Å²) in [4.78, 5) is 14.6. The second-order valence-electron chi connectivity index (χ2n) is 7.67. The summed E-state index contributed by atoms with van der Waals surface area (Å²) in [6, 6.07) is 20.6. The fourth-order valence-corrected chi connectivity index (χ4v) is 5.21. The first-order chi connectivity index (χ1) is 15.9. The molecule has 3 aromatic carbocycles. The smallest absolute Gasteiger partial charge is 0.264 e. The lowest BCUT2D eigenvalue weighted by Gasteiger charge is -2.23. The van der Waals surface area contributed by atoms with Gasteiger partial charge in [0.2, 0.25) is 0 Å². The van der Waals surface area contributed by atoms with E-state index in [1.807, 2.05) is 24.3 Å². The zero-order chi connectivity index (χ0) is 23.4. The molecule has 0 radical (unpaired) electrons. The van der Waals surface area contributed by atoms with Gasteiger partial charge in [-0.2, -0.15) is 0 Å². The number of hydrogen-bond donors (Lipinski definition) is 0. The molecular weight excluding hydrogens is 440 g/mol. The molecular formula is C25H26N2O5S. The zero-order valence-electron chi connectivity index (χ0n) is 18.6. The Labute approximate surface area is 194 Å². The number of amides is 1. The second-order valence-corrected chi connectivity index (χ2v) is 9.53. The molecule has 0 bridgehead atoms. The predicted molar refractivity (Wildman–Crippen MR) is 126 cm³/mol. The summed E-state index contributed by atoms with van der Waals surface area (Å²) in [5, 5.41) is 0. The maximum absolute atomic E-state index is 13.1. The van der Waals surface area contributed by atoms with Crippen LogP contribution in [0.4, 0.5) is 5.69 Å². The van der Waals surface area contributed by atoms with Gasteiger partial charge in [0.05, 0.1) is 10.6 Å². The average molecular weight is 467 g/mol. The lowest BCUT2D eigenvalue weighted by molar-refractivity contribution is 0.0784. The van der Waals surface area contributed by atoms with Crippen molar-refractivity contribution >= 4 is 21.6 Å². The first-order valence-electron chi connectivity index (χ1n) is 10.7. The van der Waals surface area contributed by atoms with Crippen LogP contribution in [0.5, 0.6) is 11.5 Å². The predicted octanol–water partition coefficient (Wildman–Crippen LogP) is 3.95. The Morgan fingerprint density at radius 3 is 2.24 bits per heavy atom. The number of fused-ring (bicyclic) bond motifs is 1. The van der Waals surface area contributed by atoms with Gasteiger partial charge < -0.3 is 14.4 Å². The van der Waals surface area contributed by atoms with Gasteiger partial charge in [0.15, 0.2) is 11.5 Å². The Bertz CT molecular complexity index is 1230. The van der Waals surface area contributed by atoms with E-state index in [0.29, 0.717) is 49.1 Å². The summed E-state index contributed by atoms with van der Waals surface area (Å²) in [6.45, 7) is 3.49. The Hall–Kier alpha value is -3.52. The van der Waals surface area contributed by atoms with E-state index >= 15 is 0 Å². The molecule has 33 heavy (non-hydrogen) atoms. The van der Waals surface area contributed by atoms with Gasteiger partial charge >= 0.3 is 0 Å². The number of ether oxygens (including phenoxy) is 2. The van der Waals surface area contributed by atoms with Gasteiger partial charge in [-0.25, -0.2) is 8.42 Å². The SMILES string of the molecule is CCN(c1ccccc1)S(=O)(=O)c1ccc(C(=O)N(C)Cc2ccc3c(c2)OCCO3)cc1. The number of nitrogens with zero attached hydrogens (tertiary/aromatic N) is 2. The third-order valence-corrected chi connectivity index (χ3v) is 7.31. The molecule has 0 N–H and O–H groups in total. The Balaban J connectivity index is 1.48. The van der Waals surface area contributed by atoms with Crippen LogP contribution in [0.2, 0.25) is 0 Å². The summed E-state index contributed by atoms with van der Waals surface area (Å²) in [7, 11) is -2.04. The van der Waals surface area contributed by atoms with Gasteiger partial charge in [-0.1, -0.05) is 24.3 Å². The highest BCUT2D eigenvalue weighted by molar-refractivity contribution is 7.92. The van der Waals surface area contributed by atoms with Crippen LogP contribution in [0.15, 0.2) is 77.7 Å². The summed E-state index contributed by atoms with van der Waals surface area (Å²) in [6.07, 6.45) is 0. The van der Waals surface area contributed by atoms with Crippen LogP contribution in [-0.4, -0.2) is 46.0 Å². The summed E-state index contributed by atoms with van der Waals surface area (Å²) < 4.78 is 38.8. The lowest BCUT2D eigenvalue weighted by atomic mass is 10.1. The van der Waals surface area contributed by atoms with Crippen LogP contribution < -0.4 is 13.8 Å². The number of carbonyl (C=O) groups excluding carboxylic acids is 1. The molecule has 1 heterocycles. The molecule has 0 aliphatic carbocycles. The topological polar surface area (TPSA) is 76.2 Å². The van der Waals surface area contributed by atoms with Crippen molar-refractivity contribution in [1.29, 1.82) is 0 Å². The van der Waals surface area contributed by atoms with Gasteiger partial charge in [0.25, 0.3) is 15.9 Å². The molecule has 7 nitrogen and oxygen atoms in total. The number of anilines is 1. The minimum absolute atomic E-state index is 0.138. The molecule has 4 rings (SSSR count). The van der Waals surface area contributed by atoms with Crippen LogP contribution in [0, 0.1) is 0 Å². The van der Waals surface area contributed by atoms with Gasteiger partial charge in [0.1, 0.15) is 13.2 Å². The first-order valence-corrected chi connectivity index (χ1v) is 12.2. The summed E-state index contributed by atoms with van der Waals surface area (Å²) >= 11 is 0. The lowest BCUT2D eigenvalue weighted by Crippen LogP contribution is -2.31. The van der Waals surface area contributed by atoms with Crippen LogP contribution >= 0.6 is 0 Å². The molecule has 1 aliphatic heterocycles. The molecule has 0 unspecified atom stereocenters. The molecule has 0 spiro atoms. The van der Waals surface area contributed by atoms with E-state index in [9.17, 15) is 13.2 Å². The quantitative estimate of drug-likeness (QED) is 0.527. The number of hydrogen-bond acceptors (Lipinski definition) is 5. The Kier molecular flexibility index (Phi) is 6.55. The average Bonchev–Trinajstić information content (AvgIpc) is 2.84. The van der Waals surface area contributed by atoms with E-state index in [1.54, 1.807) is 55.3 Å². The third kappa shape index (κ3) is 4.80. The van der Waals surface area contributed by atoms with Crippen molar-refractivity contribution in [2.75, 3.05) is 31.1 Å². The van der Waals surface area contributed by atoms with Crippen molar-refractivity contribution in [2.45, 2.75) is 18.4 Å². The maximum atomic E-state index is 13.1. The number of rotatable bonds is 7. The fourth-order valence-electron chi connectivity index (χ4n) is 3.73. The van der Waals surface area contributed by atoms with Crippen molar-refractivity contribution in [3.05, 3.63) is 83.9 Å². The highest BCUT2D eigenvalue weighted by Gasteiger charge is 2.24. The van der Waals surface area contributed by atoms with Crippen LogP contribution in [0.25, 0.3) is 0 Å². The van der Waals surface area contributed by atoms with E-state index in [4.69, 9.17) is 9.47 Å². The van der Waals surface area contributed by atoms with E-state index in [-0.39, 0.29) is 10.8 Å². The molecule has 0 fully saturated rings. The number of para-hydroxylation sites is 1. The summed E-state index contributed by atoms with van der Waals surface area (Å²) in [5.41, 5.74) is 1.92. The number of sulfonamides is 1. The largest absolute Gasteiger partial charge is 0.486 e. The molecule has 8 heteroatoms. The van der Waals surface area contributed by atoms with Crippen molar-refractivity contribution in [3.8, 4) is 11.5 Å². The molecule has 0 saturated heterocycles. The fraction of sp³-hybridized carbons (Fsp3) is 0.240. The zero-order valence-corrected chi connectivity index (χ0v) is 19.4.